The second kappa shape index (κ2) is 6.29. The Hall–Kier alpha value is -0.510. The molecule has 1 N–H and O–H groups in total. The van der Waals surface area contributed by atoms with Crippen molar-refractivity contribution in [1.82, 2.24) is 4.90 Å². The summed E-state index contributed by atoms with van der Waals surface area (Å²) in [6.45, 7) is 5.24. The molecule has 0 saturated carbocycles. The number of aliphatic hydroxyl groups is 1. The van der Waals surface area contributed by atoms with Crippen LogP contribution in [0.5, 0.6) is 0 Å². The van der Waals surface area contributed by atoms with E-state index in [1.165, 1.54) is 17.9 Å². The third kappa shape index (κ3) is 3.74. The summed E-state index contributed by atoms with van der Waals surface area (Å²) in [6.07, 6.45) is 0.865. The number of aliphatic hydroxyl groups excluding tert-OH is 1. The fourth-order valence-electron chi connectivity index (χ4n) is 2.81. The quantitative estimate of drug-likeness (QED) is 0.895. The van der Waals surface area contributed by atoms with E-state index < -0.39 is 6.10 Å². The van der Waals surface area contributed by atoms with Gasteiger partial charge in [-0.05, 0) is 24.8 Å². The lowest BCUT2D eigenvalue weighted by molar-refractivity contribution is 0.0190. The predicted octanol–water partition coefficient (Wildman–Crippen LogP) is 3.18. The van der Waals surface area contributed by atoms with Crippen molar-refractivity contribution in [3.05, 3.63) is 35.9 Å². The molecule has 1 aromatic rings. The van der Waals surface area contributed by atoms with Crippen LogP contribution < -0.4 is 0 Å². The third-order valence-corrected chi connectivity index (χ3v) is 5.19. The summed E-state index contributed by atoms with van der Waals surface area (Å²) in [5.41, 5.74) is 0.880. The highest BCUT2D eigenvalue weighted by Gasteiger charge is 2.32. The Morgan fingerprint density at radius 1 is 1.37 bits per heavy atom. The fraction of sp³-hybridized carbons (Fsp3) is 0.625. The molecule has 0 radical (unpaired) electrons. The second-order valence-corrected chi connectivity index (χ2v) is 7.38. The van der Waals surface area contributed by atoms with Crippen LogP contribution in [0.2, 0.25) is 0 Å². The van der Waals surface area contributed by atoms with Crippen LogP contribution in [-0.4, -0.2) is 41.1 Å². The Morgan fingerprint density at radius 2 is 2.05 bits per heavy atom. The maximum absolute atomic E-state index is 10.6. The van der Waals surface area contributed by atoms with E-state index >= 15 is 0 Å². The van der Waals surface area contributed by atoms with Crippen LogP contribution in [0.25, 0.3) is 0 Å². The van der Waals surface area contributed by atoms with Gasteiger partial charge in [-0.2, -0.15) is 11.8 Å². The van der Waals surface area contributed by atoms with Crippen molar-refractivity contribution in [1.29, 1.82) is 0 Å². The van der Waals surface area contributed by atoms with E-state index in [1.54, 1.807) is 0 Å². The minimum absolute atomic E-state index is 0.136. The monoisotopic (exact) mass is 279 g/mol. The first-order valence-electron chi connectivity index (χ1n) is 7.02. The lowest BCUT2D eigenvalue weighted by Crippen LogP contribution is -2.41. The molecule has 106 valence electrons. The Morgan fingerprint density at radius 3 is 2.63 bits per heavy atom. The maximum atomic E-state index is 10.6. The largest absolute Gasteiger partial charge is 0.388 e. The molecule has 0 amide bonds. The zero-order chi connectivity index (χ0) is 13.9. The van der Waals surface area contributed by atoms with Crippen molar-refractivity contribution in [2.75, 3.05) is 25.1 Å². The first-order chi connectivity index (χ1) is 9.00. The van der Waals surface area contributed by atoms with Gasteiger partial charge >= 0.3 is 0 Å². The van der Waals surface area contributed by atoms with Crippen molar-refractivity contribution >= 4 is 11.8 Å². The lowest BCUT2D eigenvalue weighted by atomic mass is 9.82. The van der Waals surface area contributed by atoms with Crippen molar-refractivity contribution in [3.8, 4) is 0 Å². The topological polar surface area (TPSA) is 23.5 Å². The summed E-state index contributed by atoms with van der Waals surface area (Å²) in [5.74, 6) is 2.50. The molecule has 1 saturated heterocycles. The summed E-state index contributed by atoms with van der Waals surface area (Å²) < 4.78 is 0. The highest BCUT2D eigenvalue weighted by atomic mass is 32.2. The molecule has 0 aliphatic carbocycles. The van der Waals surface area contributed by atoms with E-state index in [-0.39, 0.29) is 5.41 Å². The molecule has 0 bridgehead atoms. The van der Waals surface area contributed by atoms with Crippen LogP contribution in [0.15, 0.2) is 30.3 Å². The smallest absolute Gasteiger partial charge is 0.0853 e. The molecule has 3 heteroatoms. The molecule has 0 aromatic heterocycles. The maximum Gasteiger partial charge on any atom is 0.0853 e. The molecule has 2 unspecified atom stereocenters. The summed E-state index contributed by atoms with van der Waals surface area (Å²) in [6, 6.07) is 10.7. The molecule has 1 aliphatic rings. The number of thioether (sulfide) groups is 1. The SMILES string of the molecule is CN(CC(C)(C)C(O)c1ccccc1)C1CCSC1. The molecule has 2 rings (SSSR count). The Kier molecular flexibility index (Phi) is 4.93. The molecule has 1 aliphatic heterocycles. The normalized spacial score (nSPS) is 21.8. The molecule has 1 aromatic carbocycles. The summed E-state index contributed by atoms with van der Waals surface area (Å²) in [4.78, 5) is 2.42. The zero-order valence-corrected chi connectivity index (χ0v) is 13.0. The van der Waals surface area contributed by atoms with Gasteiger partial charge in [0.05, 0.1) is 6.10 Å². The molecule has 2 atom stereocenters. The minimum atomic E-state index is -0.412. The molecule has 19 heavy (non-hydrogen) atoms. The molecule has 2 nitrogen and oxygen atoms in total. The first kappa shape index (κ1) is 14.9. The van der Waals surface area contributed by atoms with Crippen molar-refractivity contribution in [2.45, 2.75) is 32.4 Å². The van der Waals surface area contributed by atoms with Crippen LogP contribution in [0.4, 0.5) is 0 Å². The Balaban J connectivity index is 2.00. The number of benzene rings is 1. The van der Waals surface area contributed by atoms with Gasteiger partial charge in [-0.3, -0.25) is 0 Å². The Labute approximate surface area is 121 Å². The van der Waals surface area contributed by atoms with Gasteiger partial charge in [0.25, 0.3) is 0 Å². The minimum Gasteiger partial charge on any atom is -0.388 e. The zero-order valence-electron chi connectivity index (χ0n) is 12.2. The van der Waals surface area contributed by atoms with Crippen LogP contribution in [0.3, 0.4) is 0 Å². The average molecular weight is 279 g/mol. The first-order valence-corrected chi connectivity index (χ1v) is 8.17. The van der Waals surface area contributed by atoms with E-state index in [0.29, 0.717) is 6.04 Å². The van der Waals surface area contributed by atoms with Gasteiger partial charge in [0, 0.05) is 23.8 Å². The molecular weight excluding hydrogens is 254 g/mol. The van der Waals surface area contributed by atoms with Crippen LogP contribution in [-0.2, 0) is 0 Å². The van der Waals surface area contributed by atoms with Gasteiger partial charge in [0.15, 0.2) is 0 Å². The van der Waals surface area contributed by atoms with Crippen molar-refractivity contribution < 1.29 is 5.11 Å². The predicted molar refractivity (Wildman–Crippen MR) is 83.5 cm³/mol. The van der Waals surface area contributed by atoms with Gasteiger partial charge in [-0.25, -0.2) is 0 Å². The van der Waals surface area contributed by atoms with Crippen LogP contribution in [0.1, 0.15) is 31.9 Å². The Bertz CT molecular complexity index is 387. The number of hydrogen-bond acceptors (Lipinski definition) is 3. The van der Waals surface area contributed by atoms with Gasteiger partial charge < -0.3 is 10.0 Å². The summed E-state index contributed by atoms with van der Waals surface area (Å²) >= 11 is 2.04. The highest BCUT2D eigenvalue weighted by Crippen LogP contribution is 2.35. The van der Waals surface area contributed by atoms with E-state index in [4.69, 9.17) is 0 Å². The van der Waals surface area contributed by atoms with Crippen molar-refractivity contribution in [2.24, 2.45) is 5.41 Å². The number of hydrogen-bond donors (Lipinski definition) is 1. The van der Waals surface area contributed by atoms with Crippen molar-refractivity contribution in [3.63, 3.8) is 0 Å². The number of nitrogens with zero attached hydrogens (tertiary/aromatic N) is 1. The molecule has 1 fully saturated rings. The lowest BCUT2D eigenvalue weighted by Gasteiger charge is -2.37. The van der Waals surface area contributed by atoms with Crippen LogP contribution >= 0.6 is 11.8 Å². The molecule has 1 heterocycles. The average Bonchev–Trinajstić information content (AvgIpc) is 2.92. The summed E-state index contributed by atoms with van der Waals surface area (Å²) in [5, 5.41) is 10.6. The van der Waals surface area contributed by atoms with Gasteiger partial charge in [-0.1, -0.05) is 44.2 Å². The van der Waals surface area contributed by atoms with E-state index in [9.17, 15) is 5.11 Å². The van der Waals surface area contributed by atoms with Gasteiger partial charge in [0.2, 0.25) is 0 Å². The summed E-state index contributed by atoms with van der Waals surface area (Å²) in [7, 11) is 2.19. The number of rotatable bonds is 5. The van der Waals surface area contributed by atoms with Gasteiger partial charge in [0.1, 0.15) is 0 Å². The second-order valence-electron chi connectivity index (χ2n) is 6.23. The standard InChI is InChI=1S/C16H25NOS/c1-16(2,12-17(3)14-9-10-19-11-14)15(18)13-7-5-4-6-8-13/h4-8,14-15,18H,9-12H2,1-3H3. The molecule has 0 spiro atoms. The fourth-order valence-corrected chi connectivity index (χ4v) is 4.11. The van der Waals surface area contributed by atoms with Gasteiger partial charge in [-0.15, -0.1) is 0 Å². The van der Waals surface area contributed by atoms with Crippen LogP contribution in [0, 0.1) is 5.41 Å². The van der Waals surface area contributed by atoms with E-state index in [1.807, 2.05) is 42.1 Å². The van der Waals surface area contributed by atoms with E-state index in [0.717, 1.165) is 12.1 Å². The van der Waals surface area contributed by atoms with E-state index in [2.05, 4.69) is 25.8 Å². The highest BCUT2D eigenvalue weighted by molar-refractivity contribution is 7.99. The third-order valence-electron chi connectivity index (χ3n) is 4.04. The molecular formula is C16H25NOS.